The molecule has 1 saturated heterocycles. The van der Waals surface area contributed by atoms with Gasteiger partial charge in [-0.25, -0.2) is 9.97 Å². The van der Waals surface area contributed by atoms with Crippen molar-refractivity contribution < 1.29 is 0 Å². The maximum absolute atomic E-state index is 4.56. The SMILES string of the molecule is Brc1ccc(-c2csc3ncnc(Nc4ccc(N5CCCCC5)cc4)c23)cc1. The van der Waals surface area contributed by atoms with E-state index in [1.54, 1.807) is 17.7 Å². The fourth-order valence-corrected chi connectivity index (χ4v) is 5.04. The van der Waals surface area contributed by atoms with E-state index >= 15 is 0 Å². The van der Waals surface area contributed by atoms with E-state index in [9.17, 15) is 0 Å². The number of nitrogens with one attached hydrogen (secondary N) is 1. The average molecular weight is 465 g/mol. The monoisotopic (exact) mass is 464 g/mol. The van der Waals surface area contributed by atoms with Crippen LogP contribution in [0.3, 0.4) is 0 Å². The number of benzene rings is 2. The quantitative estimate of drug-likeness (QED) is 0.358. The third-order valence-corrected chi connectivity index (χ3v) is 6.79. The number of fused-ring (bicyclic) bond motifs is 1. The molecule has 4 aromatic rings. The molecule has 0 atom stereocenters. The molecule has 29 heavy (non-hydrogen) atoms. The molecule has 146 valence electrons. The molecule has 0 saturated carbocycles. The molecule has 0 unspecified atom stereocenters. The van der Waals surface area contributed by atoms with Crippen LogP contribution in [0.1, 0.15) is 19.3 Å². The van der Waals surface area contributed by atoms with Crippen LogP contribution < -0.4 is 10.2 Å². The lowest BCUT2D eigenvalue weighted by molar-refractivity contribution is 0.578. The molecule has 0 spiro atoms. The predicted molar refractivity (Wildman–Crippen MR) is 126 cm³/mol. The summed E-state index contributed by atoms with van der Waals surface area (Å²) in [5, 5.41) is 6.74. The van der Waals surface area contributed by atoms with E-state index < -0.39 is 0 Å². The highest BCUT2D eigenvalue weighted by molar-refractivity contribution is 9.10. The number of hydrogen-bond donors (Lipinski definition) is 1. The lowest BCUT2D eigenvalue weighted by atomic mass is 10.1. The summed E-state index contributed by atoms with van der Waals surface area (Å²) in [7, 11) is 0. The van der Waals surface area contributed by atoms with Gasteiger partial charge >= 0.3 is 0 Å². The largest absolute Gasteiger partial charge is 0.372 e. The van der Waals surface area contributed by atoms with E-state index in [1.807, 2.05) is 0 Å². The highest BCUT2D eigenvalue weighted by atomic mass is 79.9. The molecule has 0 amide bonds. The van der Waals surface area contributed by atoms with Gasteiger partial charge in [0.05, 0.1) is 5.39 Å². The van der Waals surface area contributed by atoms with Gasteiger partial charge in [0.15, 0.2) is 0 Å². The van der Waals surface area contributed by atoms with Crippen LogP contribution in [0.4, 0.5) is 17.2 Å². The molecular weight excluding hydrogens is 444 g/mol. The van der Waals surface area contributed by atoms with Gasteiger partial charge in [-0.2, -0.15) is 0 Å². The number of halogens is 1. The van der Waals surface area contributed by atoms with Gasteiger partial charge in [-0.3, -0.25) is 0 Å². The first-order valence-electron chi connectivity index (χ1n) is 9.88. The van der Waals surface area contributed by atoms with Crippen molar-refractivity contribution in [3.8, 4) is 11.1 Å². The fraction of sp³-hybridized carbons (Fsp3) is 0.217. The molecule has 2 aromatic carbocycles. The molecule has 5 rings (SSSR count). The Morgan fingerprint density at radius 1 is 0.897 bits per heavy atom. The van der Waals surface area contributed by atoms with Gasteiger partial charge in [0, 0.05) is 39.9 Å². The zero-order valence-corrected chi connectivity index (χ0v) is 18.3. The summed E-state index contributed by atoms with van der Waals surface area (Å²) < 4.78 is 1.07. The highest BCUT2D eigenvalue weighted by Crippen LogP contribution is 2.38. The Hall–Kier alpha value is -2.44. The Kier molecular flexibility index (Phi) is 5.21. The average Bonchev–Trinajstić information content (AvgIpc) is 3.21. The molecule has 6 heteroatoms. The van der Waals surface area contributed by atoms with Crippen molar-refractivity contribution in [1.82, 2.24) is 9.97 Å². The van der Waals surface area contributed by atoms with E-state index in [0.29, 0.717) is 0 Å². The van der Waals surface area contributed by atoms with Gasteiger partial charge in [0.25, 0.3) is 0 Å². The Balaban J connectivity index is 1.46. The van der Waals surface area contributed by atoms with Crippen LogP contribution in [0, 0.1) is 0 Å². The molecule has 1 fully saturated rings. The summed E-state index contributed by atoms with van der Waals surface area (Å²) >= 11 is 5.16. The predicted octanol–water partition coefficient (Wildman–Crippen LogP) is 6.85. The van der Waals surface area contributed by atoms with E-state index in [-0.39, 0.29) is 0 Å². The zero-order valence-electron chi connectivity index (χ0n) is 15.9. The third kappa shape index (κ3) is 3.87. The lowest BCUT2D eigenvalue weighted by Gasteiger charge is -2.28. The lowest BCUT2D eigenvalue weighted by Crippen LogP contribution is -2.29. The van der Waals surface area contributed by atoms with Crippen LogP contribution >= 0.6 is 27.3 Å². The maximum atomic E-state index is 4.56. The second kappa shape index (κ2) is 8.13. The van der Waals surface area contributed by atoms with Crippen molar-refractivity contribution in [3.63, 3.8) is 0 Å². The molecule has 2 aromatic heterocycles. The molecule has 4 nitrogen and oxygen atoms in total. The molecule has 3 heterocycles. The first-order valence-corrected chi connectivity index (χ1v) is 11.6. The molecule has 0 aliphatic carbocycles. The summed E-state index contributed by atoms with van der Waals surface area (Å²) in [6.07, 6.45) is 5.56. The molecule has 0 radical (unpaired) electrons. The Morgan fingerprint density at radius 2 is 1.66 bits per heavy atom. The molecule has 1 aliphatic rings. The van der Waals surface area contributed by atoms with Crippen LogP contribution in [-0.2, 0) is 0 Å². The summed E-state index contributed by atoms with van der Waals surface area (Å²) in [5.41, 5.74) is 4.66. The minimum Gasteiger partial charge on any atom is -0.372 e. The van der Waals surface area contributed by atoms with E-state index in [1.165, 1.54) is 24.9 Å². The number of anilines is 3. The topological polar surface area (TPSA) is 41.1 Å². The van der Waals surface area contributed by atoms with E-state index in [0.717, 1.165) is 50.4 Å². The summed E-state index contributed by atoms with van der Waals surface area (Å²) in [5.74, 6) is 0.847. The fourth-order valence-electron chi connectivity index (χ4n) is 3.86. The third-order valence-electron chi connectivity index (χ3n) is 5.38. The van der Waals surface area contributed by atoms with E-state index in [2.05, 4.69) is 90.0 Å². The van der Waals surface area contributed by atoms with Crippen molar-refractivity contribution in [2.75, 3.05) is 23.3 Å². The maximum Gasteiger partial charge on any atom is 0.143 e. The van der Waals surface area contributed by atoms with Crippen molar-refractivity contribution >= 4 is 54.7 Å². The Labute approximate surface area is 182 Å². The van der Waals surface area contributed by atoms with Gasteiger partial charge < -0.3 is 10.2 Å². The van der Waals surface area contributed by atoms with Crippen molar-refractivity contribution in [2.24, 2.45) is 0 Å². The molecule has 1 aliphatic heterocycles. The molecular formula is C23H21BrN4S. The van der Waals surface area contributed by atoms with Crippen LogP contribution in [0.15, 0.2) is 64.7 Å². The second-order valence-corrected chi connectivity index (χ2v) is 9.05. The van der Waals surface area contributed by atoms with E-state index in [4.69, 9.17) is 0 Å². The smallest absolute Gasteiger partial charge is 0.143 e. The normalized spacial score (nSPS) is 14.3. The van der Waals surface area contributed by atoms with Crippen molar-refractivity contribution in [3.05, 3.63) is 64.7 Å². The summed E-state index contributed by atoms with van der Waals surface area (Å²) in [6.45, 7) is 2.32. The second-order valence-electron chi connectivity index (χ2n) is 7.28. The van der Waals surface area contributed by atoms with Crippen LogP contribution in [0.5, 0.6) is 0 Å². The number of thiophene rings is 1. The Bertz CT molecular complexity index is 1120. The first-order chi connectivity index (χ1) is 14.3. The number of nitrogens with zero attached hydrogens (tertiary/aromatic N) is 3. The molecule has 0 bridgehead atoms. The zero-order chi connectivity index (χ0) is 19.6. The van der Waals surface area contributed by atoms with Crippen molar-refractivity contribution in [2.45, 2.75) is 19.3 Å². The minimum atomic E-state index is 0.847. The van der Waals surface area contributed by atoms with Gasteiger partial charge in [0.2, 0.25) is 0 Å². The summed E-state index contributed by atoms with van der Waals surface area (Å²) in [4.78, 5) is 12.5. The van der Waals surface area contributed by atoms with Crippen LogP contribution in [0.2, 0.25) is 0 Å². The first kappa shape index (κ1) is 18.6. The summed E-state index contributed by atoms with van der Waals surface area (Å²) in [6, 6.07) is 17.1. The van der Waals surface area contributed by atoms with Crippen LogP contribution in [-0.4, -0.2) is 23.1 Å². The number of aromatic nitrogens is 2. The van der Waals surface area contributed by atoms with Crippen LogP contribution in [0.25, 0.3) is 21.3 Å². The van der Waals surface area contributed by atoms with Gasteiger partial charge in [0.1, 0.15) is 17.0 Å². The number of hydrogen-bond acceptors (Lipinski definition) is 5. The van der Waals surface area contributed by atoms with Gasteiger partial charge in [-0.1, -0.05) is 28.1 Å². The highest BCUT2D eigenvalue weighted by Gasteiger charge is 2.14. The Morgan fingerprint density at radius 3 is 2.41 bits per heavy atom. The number of rotatable bonds is 4. The minimum absolute atomic E-state index is 0.847. The van der Waals surface area contributed by atoms with Gasteiger partial charge in [-0.05, 0) is 61.2 Å². The van der Waals surface area contributed by atoms with Gasteiger partial charge in [-0.15, -0.1) is 11.3 Å². The number of piperidine rings is 1. The van der Waals surface area contributed by atoms with Crippen molar-refractivity contribution in [1.29, 1.82) is 0 Å². The standard InChI is InChI=1S/C23H21BrN4S/c24-17-6-4-16(5-7-17)20-14-29-23-21(20)22(25-15-26-23)27-18-8-10-19(11-9-18)28-12-2-1-3-13-28/h4-11,14-15H,1-3,12-13H2,(H,25,26,27). The molecule has 1 N–H and O–H groups in total.